The highest BCUT2D eigenvalue weighted by Crippen LogP contribution is 2.26. The zero-order valence-corrected chi connectivity index (χ0v) is 20.2. The Morgan fingerprint density at radius 2 is 1.70 bits per heavy atom. The average molecular weight is 453 g/mol. The summed E-state index contributed by atoms with van der Waals surface area (Å²) in [6.07, 6.45) is 4.27. The van der Waals surface area contributed by atoms with Crippen LogP contribution in [-0.4, -0.2) is 42.5 Å². The third-order valence-electron chi connectivity index (χ3n) is 6.27. The number of nitrogens with zero attached hydrogens (tertiary/aromatic N) is 1. The second-order valence-electron chi connectivity index (χ2n) is 9.02. The van der Waals surface area contributed by atoms with E-state index in [1.807, 2.05) is 48.5 Å². The Labute approximate surface area is 197 Å². The Bertz CT molecular complexity index is 920. The van der Waals surface area contributed by atoms with Gasteiger partial charge in [-0.1, -0.05) is 57.0 Å². The first-order valence-electron chi connectivity index (χ1n) is 11.8. The van der Waals surface area contributed by atoms with Crippen molar-refractivity contribution in [2.75, 3.05) is 13.7 Å². The minimum Gasteiger partial charge on any atom is -0.497 e. The van der Waals surface area contributed by atoms with E-state index in [0.717, 1.165) is 42.6 Å². The van der Waals surface area contributed by atoms with Gasteiger partial charge in [0.25, 0.3) is 5.91 Å². The summed E-state index contributed by atoms with van der Waals surface area (Å²) in [5.41, 5.74) is 1.98. The quantitative estimate of drug-likeness (QED) is 0.569. The molecule has 6 heteroatoms. The van der Waals surface area contributed by atoms with Crippen molar-refractivity contribution in [2.45, 2.75) is 71.0 Å². The lowest BCUT2D eigenvalue weighted by Crippen LogP contribution is -2.50. The van der Waals surface area contributed by atoms with Crippen LogP contribution in [0.3, 0.4) is 0 Å². The Morgan fingerprint density at radius 3 is 2.33 bits per heavy atom. The van der Waals surface area contributed by atoms with Crippen molar-refractivity contribution in [3.63, 3.8) is 0 Å². The molecule has 1 saturated carbocycles. The number of carbonyl (C=O) groups is 2. The maximum Gasteiger partial charge on any atom is 0.261 e. The summed E-state index contributed by atoms with van der Waals surface area (Å²) in [6, 6.07) is 14.9. The van der Waals surface area contributed by atoms with E-state index in [0.29, 0.717) is 12.3 Å². The molecule has 2 aromatic rings. The first kappa shape index (κ1) is 24.6. The molecule has 0 saturated heterocycles. The highest BCUT2D eigenvalue weighted by Gasteiger charge is 2.29. The number of para-hydroxylation sites is 1. The molecule has 178 valence electrons. The normalized spacial score (nSPS) is 14.7. The van der Waals surface area contributed by atoms with Gasteiger partial charge in [0, 0.05) is 12.6 Å². The van der Waals surface area contributed by atoms with Crippen molar-refractivity contribution in [3.8, 4) is 11.5 Å². The van der Waals surface area contributed by atoms with Gasteiger partial charge in [0.1, 0.15) is 17.5 Å². The smallest absolute Gasteiger partial charge is 0.261 e. The Hall–Kier alpha value is -3.02. The van der Waals surface area contributed by atoms with Crippen LogP contribution in [-0.2, 0) is 16.1 Å². The maximum atomic E-state index is 13.3. The van der Waals surface area contributed by atoms with Gasteiger partial charge in [-0.25, -0.2) is 0 Å². The molecule has 0 aromatic heterocycles. The third-order valence-corrected chi connectivity index (χ3v) is 6.27. The van der Waals surface area contributed by atoms with Crippen LogP contribution in [0.4, 0.5) is 0 Å². The molecule has 1 fully saturated rings. The number of benzene rings is 2. The van der Waals surface area contributed by atoms with Crippen LogP contribution in [0.15, 0.2) is 48.5 Å². The Morgan fingerprint density at radius 1 is 1.03 bits per heavy atom. The number of amides is 2. The van der Waals surface area contributed by atoms with Gasteiger partial charge < -0.3 is 19.7 Å². The first-order valence-corrected chi connectivity index (χ1v) is 11.8. The van der Waals surface area contributed by atoms with Crippen LogP contribution in [0.2, 0.25) is 0 Å². The van der Waals surface area contributed by atoms with Gasteiger partial charge in [0.05, 0.1) is 7.11 Å². The predicted octanol–water partition coefficient (Wildman–Crippen LogP) is 4.67. The SMILES string of the molecule is COc1ccc(CN(C(=O)COc2ccccc2C(C)C)[C@H](C)C(=O)NC2CCCC2)cc1. The highest BCUT2D eigenvalue weighted by atomic mass is 16.5. The fraction of sp³-hybridized carbons (Fsp3) is 0.481. The van der Waals surface area contributed by atoms with Crippen LogP contribution in [0, 0.1) is 0 Å². The largest absolute Gasteiger partial charge is 0.497 e. The van der Waals surface area contributed by atoms with Crippen LogP contribution in [0.5, 0.6) is 11.5 Å². The summed E-state index contributed by atoms with van der Waals surface area (Å²) in [5, 5.41) is 3.12. The molecule has 1 N–H and O–H groups in total. The van der Waals surface area contributed by atoms with Crippen molar-refractivity contribution >= 4 is 11.8 Å². The molecule has 1 aliphatic rings. The average Bonchev–Trinajstić information content (AvgIpc) is 3.34. The number of carbonyl (C=O) groups excluding carboxylic acids is 2. The van der Waals surface area contributed by atoms with E-state index in [9.17, 15) is 9.59 Å². The third kappa shape index (κ3) is 6.73. The number of hydrogen-bond donors (Lipinski definition) is 1. The molecule has 0 radical (unpaired) electrons. The summed E-state index contributed by atoms with van der Waals surface area (Å²) in [7, 11) is 1.62. The second kappa shape index (κ2) is 11.7. The molecule has 0 spiro atoms. The van der Waals surface area contributed by atoms with Gasteiger partial charge in [-0.3, -0.25) is 9.59 Å². The second-order valence-corrected chi connectivity index (χ2v) is 9.02. The molecular formula is C27H36N2O4. The van der Waals surface area contributed by atoms with Crippen LogP contribution in [0.1, 0.15) is 63.5 Å². The van der Waals surface area contributed by atoms with E-state index in [4.69, 9.17) is 9.47 Å². The number of methoxy groups -OCH3 is 1. The van der Waals surface area contributed by atoms with Gasteiger partial charge in [-0.15, -0.1) is 0 Å². The van der Waals surface area contributed by atoms with E-state index in [2.05, 4.69) is 19.2 Å². The van der Waals surface area contributed by atoms with Crippen molar-refractivity contribution in [1.29, 1.82) is 0 Å². The molecule has 0 aliphatic heterocycles. The van der Waals surface area contributed by atoms with Gasteiger partial charge in [-0.05, 0) is 55.0 Å². The van der Waals surface area contributed by atoms with E-state index < -0.39 is 6.04 Å². The van der Waals surface area contributed by atoms with E-state index in [-0.39, 0.29) is 30.4 Å². The molecule has 2 aromatic carbocycles. The summed E-state index contributed by atoms with van der Waals surface area (Å²) in [6.45, 7) is 6.16. The van der Waals surface area contributed by atoms with E-state index >= 15 is 0 Å². The first-order chi connectivity index (χ1) is 15.9. The number of ether oxygens (including phenoxy) is 2. The molecule has 1 aliphatic carbocycles. The molecular weight excluding hydrogens is 416 g/mol. The maximum absolute atomic E-state index is 13.3. The number of rotatable bonds is 10. The zero-order valence-electron chi connectivity index (χ0n) is 20.2. The van der Waals surface area contributed by atoms with Gasteiger partial charge in [0.15, 0.2) is 6.61 Å². The van der Waals surface area contributed by atoms with Crippen molar-refractivity contribution in [1.82, 2.24) is 10.2 Å². The predicted molar refractivity (Wildman–Crippen MR) is 129 cm³/mol. The number of nitrogens with one attached hydrogen (secondary N) is 1. The van der Waals surface area contributed by atoms with E-state index in [1.54, 1.807) is 18.9 Å². The van der Waals surface area contributed by atoms with Crippen molar-refractivity contribution in [3.05, 3.63) is 59.7 Å². The molecule has 0 unspecified atom stereocenters. The lowest BCUT2D eigenvalue weighted by Gasteiger charge is -2.30. The summed E-state index contributed by atoms with van der Waals surface area (Å²) < 4.78 is 11.2. The monoisotopic (exact) mass is 452 g/mol. The van der Waals surface area contributed by atoms with Crippen LogP contribution < -0.4 is 14.8 Å². The molecule has 6 nitrogen and oxygen atoms in total. The fourth-order valence-electron chi connectivity index (χ4n) is 4.21. The molecule has 0 bridgehead atoms. The summed E-state index contributed by atoms with van der Waals surface area (Å²) in [5.74, 6) is 1.39. The van der Waals surface area contributed by atoms with Crippen molar-refractivity contribution in [2.24, 2.45) is 0 Å². The van der Waals surface area contributed by atoms with Crippen molar-refractivity contribution < 1.29 is 19.1 Å². The lowest BCUT2D eigenvalue weighted by atomic mass is 10.0. The molecule has 3 rings (SSSR count). The highest BCUT2D eigenvalue weighted by molar-refractivity contribution is 5.88. The summed E-state index contributed by atoms with van der Waals surface area (Å²) >= 11 is 0. The van der Waals surface area contributed by atoms with Gasteiger partial charge >= 0.3 is 0 Å². The van der Waals surface area contributed by atoms with Crippen LogP contribution >= 0.6 is 0 Å². The fourth-order valence-corrected chi connectivity index (χ4v) is 4.21. The van der Waals surface area contributed by atoms with E-state index in [1.165, 1.54) is 0 Å². The topological polar surface area (TPSA) is 67.9 Å². The molecule has 0 heterocycles. The Balaban J connectivity index is 1.74. The molecule has 33 heavy (non-hydrogen) atoms. The number of hydrogen-bond acceptors (Lipinski definition) is 4. The molecule has 2 amide bonds. The lowest BCUT2D eigenvalue weighted by molar-refractivity contribution is -0.142. The van der Waals surface area contributed by atoms with Gasteiger partial charge in [0.2, 0.25) is 5.91 Å². The summed E-state index contributed by atoms with van der Waals surface area (Å²) in [4.78, 5) is 27.9. The molecule has 1 atom stereocenters. The Kier molecular flexibility index (Phi) is 8.75. The standard InChI is InChI=1S/C27H36N2O4/c1-19(2)24-11-7-8-12-25(24)33-18-26(30)29(17-21-13-15-23(32-4)16-14-21)20(3)27(31)28-22-9-5-6-10-22/h7-8,11-16,19-20,22H,5-6,9-10,17-18H2,1-4H3,(H,28,31)/t20-/m1/s1. The minimum absolute atomic E-state index is 0.119. The van der Waals surface area contributed by atoms with Gasteiger partial charge in [-0.2, -0.15) is 0 Å². The zero-order chi connectivity index (χ0) is 23.8. The minimum atomic E-state index is -0.607. The van der Waals surface area contributed by atoms with Crippen LogP contribution in [0.25, 0.3) is 0 Å².